The van der Waals surface area contributed by atoms with Crippen LogP contribution in [0.25, 0.3) is 11.3 Å². The molecule has 2 aromatic heterocycles. The van der Waals surface area contributed by atoms with Crippen LogP contribution >= 0.6 is 0 Å². The minimum absolute atomic E-state index is 0.00716. The standard InChI is InChI=1S/C31H39FN6O6S/c1-22(2)36-10-8-35(9-11-36)20-23-4-5-26(27(32)16-23)28-17-24(6-7-33-28)38(21-30(39)40)45(41,42)29-18-25(19-34-31(29)43-3)37-12-14-44-15-13-37/h4-7,16-19,22H,8-15,20-21H2,1-3H3,(H,39,40). The van der Waals surface area contributed by atoms with Crippen LogP contribution in [0.1, 0.15) is 19.4 Å². The number of nitrogens with zero attached hydrogens (tertiary/aromatic N) is 6. The Kier molecular flexibility index (Phi) is 10.2. The maximum absolute atomic E-state index is 15.5. The number of rotatable bonds is 11. The number of morpholine rings is 1. The number of carboxylic acid groups (broad SMARTS) is 1. The van der Waals surface area contributed by atoms with E-state index in [2.05, 4.69) is 33.6 Å². The van der Waals surface area contributed by atoms with E-state index in [9.17, 15) is 18.3 Å². The van der Waals surface area contributed by atoms with Gasteiger partial charge >= 0.3 is 5.97 Å². The molecule has 14 heteroatoms. The molecule has 0 atom stereocenters. The molecule has 0 amide bonds. The number of aliphatic carboxylic acids is 1. The van der Waals surface area contributed by atoms with Crippen LogP contribution < -0.4 is 13.9 Å². The van der Waals surface area contributed by atoms with Crippen molar-refractivity contribution in [2.45, 2.75) is 31.3 Å². The summed E-state index contributed by atoms with van der Waals surface area (Å²) in [6.07, 6.45) is 2.84. The molecule has 45 heavy (non-hydrogen) atoms. The Morgan fingerprint density at radius 2 is 1.80 bits per heavy atom. The van der Waals surface area contributed by atoms with Gasteiger partial charge in [0, 0.05) is 63.6 Å². The summed E-state index contributed by atoms with van der Waals surface area (Å²) in [6.45, 7) is 9.85. The zero-order valence-electron chi connectivity index (χ0n) is 25.7. The number of carboxylic acids is 1. The highest BCUT2D eigenvalue weighted by Crippen LogP contribution is 2.33. The summed E-state index contributed by atoms with van der Waals surface area (Å²) in [5, 5.41) is 9.72. The Hall–Kier alpha value is -3.85. The van der Waals surface area contributed by atoms with Crippen LogP contribution in [0.2, 0.25) is 0 Å². The van der Waals surface area contributed by atoms with E-state index >= 15 is 4.39 Å². The molecule has 1 aromatic carbocycles. The van der Waals surface area contributed by atoms with Crippen LogP contribution in [0.3, 0.4) is 0 Å². The molecule has 0 bridgehead atoms. The number of carbonyl (C=O) groups is 1. The highest BCUT2D eigenvalue weighted by molar-refractivity contribution is 7.93. The third-order valence-corrected chi connectivity index (χ3v) is 9.87. The molecule has 2 saturated heterocycles. The normalized spacial score (nSPS) is 16.6. The largest absolute Gasteiger partial charge is 0.480 e. The number of aromatic nitrogens is 2. The Morgan fingerprint density at radius 1 is 1.07 bits per heavy atom. The van der Waals surface area contributed by atoms with Gasteiger partial charge in [-0.1, -0.05) is 6.07 Å². The van der Waals surface area contributed by atoms with Crippen molar-refractivity contribution in [1.29, 1.82) is 0 Å². The summed E-state index contributed by atoms with van der Waals surface area (Å²) >= 11 is 0. The summed E-state index contributed by atoms with van der Waals surface area (Å²) in [5.74, 6) is -2.06. The third-order valence-electron chi connectivity index (χ3n) is 8.10. The van der Waals surface area contributed by atoms with Gasteiger partial charge in [0.05, 0.1) is 43.6 Å². The summed E-state index contributed by atoms with van der Waals surface area (Å²) < 4.78 is 55.1. The van der Waals surface area contributed by atoms with Crippen LogP contribution in [0.4, 0.5) is 15.8 Å². The fourth-order valence-corrected chi connectivity index (χ4v) is 7.13. The fourth-order valence-electron chi connectivity index (χ4n) is 5.59. The molecule has 3 aromatic rings. The van der Waals surface area contributed by atoms with Crippen LogP contribution in [-0.2, 0) is 26.1 Å². The van der Waals surface area contributed by atoms with E-state index in [1.165, 1.54) is 43.8 Å². The predicted octanol–water partition coefficient (Wildman–Crippen LogP) is 2.93. The molecule has 5 rings (SSSR count). The topological polar surface area (TPSA) is 129 Å². The van der Waals surface area contributed by atoms with Gasteiger partial charge in [0.15, 0.2) is 4.90 Å². The van der Waals surface area contributed by atoms with Crippen LogP contribution in [0.15, 0.2) is 53.7 Å². The molecule has 242 valence electrons. The highest BCUT2D eigenvalue weighted by Gasteiger charge is 2.32. The number of piperazine rings is 1. The minimum Gasteiger partial charge on any atom is -0.480 e. The van der Waals surface area contributed by atoms with E-state index < -0.39 is 28.4 Å². The maximum atomic E-state index is 15.5. The lowest BCUT2D eigenvalue weighted by Gasteiger charge is -2.36. The number of ether oxygens (including phenoxy) is 2. The van der Waals surface area contributed by atoms with Gasteiger partial charge in [-0.3, -0.25) is 23.9 Å². The number of halogens is 1. The first-order valence-corrected chi connectivity index (χ1v) is 16.3. The van der Waals surface area contributed by atoms with E-state index in [4.69, 9.17) is 9.47 Å². The molecule has 4 heterocycles. The fraction of sp³-hybridized carbons (Fsp3) is 0.452. The summed E-state index contributed by atoms with van der Waals surface area (Å²) in [6, 6.07) is 9.58. The molecule has 0 unspecified atom stereocenters. The van der Waals surface area contributed by atoms with Crippen molar-refractivity contribution in [3.8, 4) is 17.1 Å². The lowest BCUT2D eigenvalue weighted by atomic mass is 10.1. The van der Waals surface area contributed by atoms with Gasteiger partial charge in [-0.15, -0.1) is 0 Å². The number of hydrogen-bond donors (Lipinski definition) is 1. The Morgan fingerprint density at radius 3 is 2.44 bits per heavy atom. The van der Waals surface area contributed by atoms with Crippen molar-refractivity contribution in [1.82, 2.24) is 19.8 Å². The predicted molar refractivity (Wildman–Crippen MR) is 168 cm³/mol. The van der Waals surface area contributed by atoms with E-state index in [0.29, 0.717) is 44.6 Å². The molecule has 0 saturated carbocycles. The van der Waals surface area contributed by atoms with Gasteiger partial charge in [-0.25, -0.2) is 17.8 Å². The Labute approximate surface area is 263 Å². The molecule has 0 aliphatic carbocycles. The van der Waals surface area contributed by atoms with E-state index in [-0.39, 0.29) is 27.7 Å². The average Bonchev–Trinajstić information content (AvgIpc) is 3.04. The lowest BCUT2D eigenvalue weighted by molar-refractivity contribution is -0.135. The van der Waals surface area contributed by atoms with Gasteiger partial charge < -0.3 is 19.5 Å². The van der Waals surface area contributed by atoms with Crippen molar-refractivity contribution >= 4 is 27.4 Å². The molecule has 2 aliphatic heterocycles. The molecule has 1 N–H and O–H groups in total. The molecular formula is C31H39FN6O6S. The van der Waals surface area contributed by atoms with E-state index in [1.807, 2.05) is 11.0 Å². The molecule has 0 radical (unpaired) electrons. The van der Waals surface area contributed by atoms with Gasteiger partial charge in [-0.05, 0) is 49.7 Å². The molecule has 12 nitrogen and oxygen atoms in total. The SMILES string of the molecule is COc1ncc(N2CCOCC2)cc1S(=O)(=O)N(CC(=O)O)c1ccnc(-c2ccc(CN3CCN(C(C)C)CC3)cc2F)c1. The van der Waals surface area contributed by atoms with Crippen molar-refractivity contribution in [2.75, 3.05) is 75.3 Å². The van der Waals surface area contributed by atoms with Gasteiger partial charge in [0.1, 0.15) is 12.4 Å². The first-order valence-electron chi connectivity index (χ1n) is 14.9. The number of pyridine rings is 2. The summed E-state index contributed by atoms with van der Waals surface area (Å²) in [7, 11) is -3.23. The summed E-state index contributed by atoms with van der Waals surface area (Å²) in [4.78, 5) is 26.8. The van der Waals surface area contributed by atoms with Crippen molar-refractivity contribution in [2.24, 2.45) is 0 Å². The maximum Gasteiger partial charge on any atom is 0.324 e. The number of methoxy groups -OCH3 is 1. The zero-order valence-corrected chi connectivity index (χ0v) is 26.5. The second-order valence-corrected chi connectivity index (χ2v) is 13.2. The van der Waals surface area contributed by atoms with Crippen LogP contribution in [0.5, 0.6) is 5.88 Å². The number of hydrogen-bond acceptors (Lipinski definition) is 10. The number of anilines is 2. The van der Waals surface area contributed by atoms with E-state index in [1.54, 1.807) is 6.07 Å². The second-order valence-electron chi connectivity index (χ2n) is 11.3. The first-order chi connectivity index (χ1) is 21.6. The quantitative estimate of drug-likeness (QED) is 0.332. The van der Waals surface area contributed by atoms with Crippen molar-refractivity contribution < 1.29 is 32.2 Å². The van der Waals surface area contributed by atoms with Gasteiger partial charge in [0.2, 0.25) is 5.88 Å². The Balaban J connectivity index is 1.43. The first kappa shape index (κ1) is 32.5. The lowest BCUT2D eigenvalue weighted by Crippen LogP contribution is -2.48. The number of sulfonamides is 1. The van der Waals surface area contributed by atoms with Crippen LogP contribution in [-0.4, -0.2) is 111 Å². The third kappa shape index (κ3) is 7.52. The number of benzene rings is 1. The van der Waals surface area contributed by atoms with Crippen molar-refractivity contribution in [3.05, 3.63) is 60.2 Å². The summed E-state index contributed by atoms with van der Waals surface area (Å²) in [5.41, 5.74) is 1.70. The smallest absolute Gasteiger partial charge is 0.324 e. The zero-order chi connectivity index (χ0) is 32.1. The molecule has 0 spiro atoms. The van der Waals surface area contributed by atoms with Gasteiger partial charge in [0.25, 0.3) is 10.0 Å². The second kappa shape index (κ2) is 14.1. The highest BCUT2D eigenvalue weighted by atomic mass is 32.2. The van der Waals surface area contributed by atoms with Gasteiger partial charge in [-0.2, -0.15) is 0 Å². The van der Waals surface area contributed by atoms with Crippen molar-refractivity contribution in [3.63, 3.8) is 0 Å². The minimum atomic E-state index is -4.52. The Bertz CT molecular complexity index is 1610. The van der Waals surface area contributed by atoms with Crippen LogP contribution in [0, 0.1) is 5.82 Å². The average molecular weight is 643 g/mol. The van der Waals surface area contributed by atoms with E-state index in [0.717, 1.165) is 36.0 Å². The molecular weight excluding hydrogens is 603 g/mol. The molecule has 2 aliphatic rings. The monoisotopic (exact) mass is 642 g/mol. The molecule has 2 fully saturated rings.